The Hall–Kier alpha value is -2.65. The molecule has 25 heavy (non-hydrogen) atoms. The summed E-state index contributed by atoms with van der Waals surface area (Å²) in [5.74, 6) is 0.471. The second-order valence-corrected chi connectivity index (χ2v) is 6.52. The van der Waals surface area contributed by atoms with Crippen LogP contribution in [0.2, 0.25) is 0 Å². The zero-order chi connectivity index (χ0) is 17.4. The number of fused-ring (bicyclic) bond motifs is 2. The highest BCUT2D eigenvalue weighted by molar-refractivity contribution is 9.10. The van der Waals surface area contributed by atoms with Crippen molar-refractivity contribution in [3.63, 3.8) is 0 Å². The number of ether oxygens (including phenoxy) is 1. The minimum absolute atomic E-state index is 0.285. The molecule has 124 valence electrons. The Bertz CT molecular complexity index is 1030. The van der Waals surface area contributed by atoms with Crippen molar-refractivity contribution >= 4 is 32.4 Å². The molecule has 0 fully saturated rings. The normalized spacial score (nSPS) is 15.0. The molecule has 0 saturated heterocycles. The van der Waals surface area contributed by atoms with Crippen LogP contribution in [0, 0.1) is 17.1 Å². The predicted molar refractivity (Wildman–Crippen MR) is 97.0 cm³/mol. The molecule has 0 radical (unpaired) electrons. The molecule has 2 heterocycles. The minimum atomic E-state index is -0.285. The average Bonchev–Trinajstić information content (AvgIpc) is 3.05. The van der Waals surface area contributed by atoms with Gasteiger partial charge >= 0.3 is 0 Å². The summed E-state index contributed by atoms with van der Waals surface area (Å²) in [5, 5.41) is 14.2. The van der Waals surface area contributed by atoms with E-state index in [9.17, 15) is 4.39 Å². The Kier molecular flexibility index (Phi) is 4.02. The predicted octanol–water partition coefficient (Wildman–Crippen LogP) is 5.01. The molecule has 3 aromatic rings. The second kappa shape index (κ2) is 6.34. The van der Waals surface area contributed by atoms with Crippen molar-refractivity contribution in [3.8, 4) is 17.5 Å². The molecule has 1 aliphatic heterocycles. The number of aromatic nitrogens is 2. The summed E-state index contributed by atoms with van der Waals surface area (Å²) in [6.45, 7) is 0.569. The first-order valence-corrected chi connectivity index (χ1v) is 8.63. The molecular weight excluding hydrogens is 385 g/mol. The summed E-state index contributed by atoms with van der Waals surface area (Å²) < 4.78 is 21.7. The quantitative estimate of drug-likeness (QED) is 0.610. The van der Waals surface area contributed by atoms with Crippen LogP contribution >= 0.6 is 15.9 Å². The first-order valence-electron chi connectivity index (χ1n) is 7.84. The summed E-state index contributed by atoms with van der Waals surface area (Å²) in [7, 11) is 0. The van der Waals surface area contributed by atoms with E-state index in [0.717, 1.165) is 44.4 Å². The zero-order valence-electron chi connectivity index (χ0n) is 13.2. The maximum Gasteiger partial charge on any atom is 0.143 e. The van der Waals surface area contributed by atoms with Crippen molar-refractivity contribution in [1.29, 1.82) is 5.26 Å². The molecule has 0 saturated carbocycles. The molecule has 0 amide bonds. The maximum absolute atomic E-state index is 13.2. The Balaban J connectivity index is 1.92. The van der Waals surface area contributed by atoms with Gasteiger partial charge in [-0.2, -0.15) is 10.4 Å². The van der Waals surface area contributed by atoms with Gasteiger partial charge in [-0.25, -0.2) is 9.07 Å². The van der Waals surface area contributed by atoms with Crippen LogP contribution in [0.3, 0.4) is 0 Å². The van der Waals surface area contributed by atoms with Crippen molar-refractivity contribution in [2.24, 2.45) is 0 Å². The van der Waals surface area contributed by atoms with E-state index < -0.39 is 0 Å². The van der Waals surface area contributed by atoms with Crippen LogP contribution < -0.4 is 4.74 Å². The van der Waals surface area contributed by atoms with Crippen molar-refractivity contribution in [2.75, 3.05) is 6.61 Å². The van der Waals surface area contributed by atoms with Gasteiger partial charge in [-0.05, 0) is 51.8 Å². The second-order valence-electron chi connectivity index (χ2n) is 5.73. The fourth-order valence-corrected chi connectivity index (χ4v) is 3.79. The molecule has 0 atom stereocenters. The number of hydrogen-bond acceptors (Lipinski definition) is 3. The van der Waals surface area contributed by atoms with Crippen LogP contribution in [0.15, 0.2) is 47.1 Å². The molecule has 0 bridgehead atoms. The molecule has 0 aliphatic carbocycles. The first kappa shape index (κ1) is 15.9. The third kappa shape index (κ3) is 2.71. The van der Waals surface area contributed by atoms with Gasteiger partial charge in [-0.3, -0.25) is 0 Å². The lowest BCUT2D eigenvalue weighted by atomic mass is 9.97. The molecule has 0 spiro atoms. The van der Waals surface area contributed by atoms with Gasteiger partial charge in [0.25, 0.3) is 0 Å². The van der Waals surface area contributed by atoms with Crippen LogP contribution in [0.5, 0.6) is 5.75 Å². The van der Waals surface area contributed by atoms with E-state index >= 15 is 0 Å². The Morgan fingerprint density at radius 1 is 1.36 bits per heavy atom. The lowest BCUT2D eigenvalue weighted by Gasteiger charge is -2.22. The lowest BCUT2D eigenvalue weighted by molar-refractivity contribution is 0.315. The maximum atomic E-state index is 13.2. The molecule has 1 aromatic heterocycles. The number of nitrogens with zero attached hydrogens (tertiary/aromatic N) is 3. The summed E-state index contributed by atoms with van der Waals surface area (Å²) in [5.41, 5.74) is 3.74. The number of halogens is 2. The van der Waals surface area contributed by atoms with E-state index in [1.807, 2.05) is 12.1 Å². The fraction of sp³-hybridized carbons (Fsp3) is 0.158. The van der Waals surface area contributed by atoms with Gasteiger partial charge in [0.2, 0.25) is 0 Å². The molecule has 0 unspecified atom stereocenters. The van der Waals surface area contributed by atoms with Gasteiger partial charge in [-0.15, -0.1) is 0 Å². The Morgan fingerprint density at radius 3 is 2.92 bits per heavy atom. The standard InChI is InChI=1S/C19H13BrFN3O/c20-17-18-13(11-23-24(18)15-5-3-14(21)4-6-15)10-16-12(2-1-8-22)7-9-25-19(16)17/h2-6,10-11H,1,7,9H2. The van der Waals surface area contributed by atoms with Crippen molar-refractivity contribution in [1.82, 2.24) is 9.78 Å². The lowest BCUT2D eigenvalue weighted by Crippen LogP contribution is -2.09. The molecular formula is C19H13BrFN3O. The van der Waals surface area contributed by atoms with E-state index in [4.69, 9.17) is 10.00 Å². The molecule has 6 heteroatoms. The molecule has 4 nitrogen and oxygen atoms in total. The number of benzene rings is 2. The van der Waals surface area contributed by atoms with Crippen molar-refractivity contribution < 1.29 is 9.13 Å². The van der Waals surface area contributed by atoms with Crippen LogP contribution in [0.25, 0.3) is 22.2 Å². The summed E-state index contributed by atoms with van der Waals surface area (Å²) in [4.78, 5) is 0. The monoisotopic (exact) mass is 397 g/mol. The summed E-state index contributed by atoms with van der Waals surface area (Å²) in [6, 6.07) is 10.4. The summed E-state index contributed by atoms with van der Waals surface area (Å²) >= 11 is 3.65. The van der Waals surface area contributed by atoms with E-state index in [1.165, 1.54) is 12.1 Å². The Labute approximate surface area is 152 Å². The smallest absolute Gasteiger partial charge is 0.143 e. The van der Waals surface area contributed by atoms with Gasteiger partial charge in [0.05, 0.1) is 41.0 Å². The number of rotatable bonds is 2. The number of hydrogen-bond donors (Lipinski definition) is 0. The minimum Gasteiger partial charge on any atom is -0.491 e. The topological polar surface area (TPSA) is 50.8 Å². The summed E-state index contributed by atoms with van der Waals surface area (Å²) in [6.07, 6.45) is 4.88. The number of allylic oxidation sites excluding steroid dienone is 1. The third-order valence-electron chi connectivity index (χ3n) is 4.22. The van der Waals surface area contributed by atoms with Gasteiger partial charge in [-0.1, -0.05) is 6.08 Å². The van der Waals surface area contributed by atoms with E-state index in [1.54, 1.807) is 23.0 Å². The first-order chi connectivity index (χ1) is 12.2. The highest BCUT2D eigenvalue weighted by atomic mass is 79.9. The number of nitriles is 1. The van der Waals surface area contributed by atoms with Crippen molar-refractivity contribution in [2.45, 2.75) is 12.8 Å². The molecule has 1 aliphatic rings. The van der Waals surface area contributed by atoms with E-state index in [2.05, 4.69) is 27.1 Å². The highest BCUT2D eigenvalue weighted by Gasteiger charge is 2.22. The van der Waals surface area contributed by atoms with Gasteiger partial charge < -0.3 is 4.74 Å². The SMILES string of the molecule is N#CCC=C1CCOc2c1cc1cnn(-c3ccc(F)cc3)c1c2Br. The van der Waals surface area contributed by atoms with Gasteiger partial charge in [0.15, 0.2) is 0 Å². The average molecular weight is 398 g/mol. The van der Waals surface area contributed by atoms with E-state index in [-0.39, 0.29) is 5.82 Å². The van der Waals surface area contributed by atoms with E-state index in [0.29, 0.717) is 13.0 Å². The Morgan fingerprint density at radius 2 is 2.16 bits per heavy atom. The van der Waals surface area contributed by atoms with Crippen LogP contribution in [0.1, 0.15) is 18.4 Å². The third-order valence-corrected chi connectivity index (χ3v) is 4.96. The molecule has 0 N–H and O–H groups in total. The van der Waals surface area contributed by atoms with Crippen molar-refractivity contribution in [3.05, 3.63) is 58.5 Å². The largest absolute Gasteiger partial charge is 0.491 e. The van der Waals surface area contributed by atoms with Crippen LogP contribution in [-0.2, 0) is 0 Å². The van der Waals surface area contributed by atoms with Crippen LogP contribution in [0.4, 0.5) is 4.39 Å². The van der Waals surface area contributed by atoms with Gasteiger partial charge in [0.1, 0.15) is 11.6 Å². The zero-order valence-corrected chi connectivity index (χ0v) is 14.8. The molecule has 2 aromatic carbocycles. The van der Waals surface area contributed by atoms with Gasteiger partial charge in [0, 0.05) is 17.4 Å². The van der Waals surface area contributed by atoms with Crippen LogP contribution in [-0.4, -0.2) is 16.4 Å². The fourth-order valence-electron chi connectivity index (χ4n) is 3.07. The molecule has 4 rings (SSSR count). The highest BCUT2D eigenvalue weighted by Crippen LogP contribution is 2.43.